The van der Waals surface area contributed by atoms with Gasteiger partial charge in [-0.25, -0.2) is 4.98 Å². The zero-order chi connectivity index (χ0) is 14.4. The van der Waals surface area contributed by atoms with Crippen LogP contribution in [0.15, 0.2) is 36.8 Å². The van der Waals surface area contributed by atoms with Gasteiger partial charge in [-0.1, -0.05) is 19.1 Å². The van der Waals surface area contributed by atoms with Crippen LogP contribution < -0.4 is 5.32 Å². The van der Waals surface area contributed by atoms with Gasteiger partial charge in [-0.05, 0) is 31.0 Å². The number of aryl methyl sites for hydroxylation is 1. The van der Waals surface area contributed by atoms with Crippen molar-refractivity contribution in [3.05, 3.63) is 53.6 Å². The lowest BCUT2D eigenvalue weighted by Crippen LogP contribution is -2.20. The highest BCUT2D eigenvalue weighted by Crippen LogP contribution is 2.14. The molecule has 0 spiro atoms. The first-order valence-electron chi connectivity index (χ1n) is 6.97. The van der Waals surface area contributed by atoms with E-state index < -0.39 is 0 Å². The van der Waals surface area contributed by atoms with Crippen LogP contribution in [0.2, 0.25) is 0 Å². The molecule has 0 saturated carbocycles. The van der Waals surface area contributed by atoms with Gasteiger partial charge in [-0.15, -0.1) is 0 Å². The summed E-state index contributed by atoms with van der Waals surface area (Å²) in [7, 11) is 0. The van der Waals surface area contributed by atoms with E-state index in [1.54, 1.807) is 0 Å². The number of rotatable bonds is 6. The molecule has 0 aliphatic rings. The monoisotopic (exact) mass is 268 g/mol. The summed E-state index contributed by atoms with van der Waals surface area (Å²) < 4.78 is 2.18. The predicted molar refractivity (Wildman–Crippen MR) is 78.9 cm³/mol. The fourth-order valence-corrected chi connectivity index (χ4v) is 2.16. The average molecular weight is 268 g/mol. The highest BCUT2D eigenvalue weighted by molar-refractivity contribution is 5.32. The summed E-state index contributed by atoms with van der Waals surface area (Å²) in [5, 5.41) is 12.3. The Bertz CT molecular complexity index is 577. The summed E-state index contributed by atoms with van der Waals surface area (Å²) in [4.78, 5) is 4.20. The molecular formula is C16H20N4. The smallest absolute Gasteiger partial charge is 0.0991 e. The molecule has 1 atom stereocenters. The Hall–Kier alpha value is -2.12. The van der Waals surface area contributed by atoms with Gasteiger partial charge >= 0.3 is 0 Å². The molecule has 4 nitrogen and oxygen atoms in total. The maximum atomic E-state index is 8.80. The van der Waals surface area contributed by atoms with Gasteiger partial charge in [0.1, 0.15) is 0 Å². The number of nitrogens with one attached hydrogen (secondary N) is 1. The first kappa shape index (κ1) is 14.3. The Kier molecular flexibility index (Phi) is 4.91. The van der Waals surface area contributed by atoms with Gasteiger partial charge in [-0.2, -0.15) is 5.26 Å². The maximum Gasteiger partial charge on any atom is 0.0991 e. The van der Waals surface area contributed by atoms with E-state index in [1.165, 1.54) is 11.3 Å². The van der Waals surface area contributed by atoms with E-state index in [9.17, 15) is 0 Å². The van der Waals surface area contributed by atoms with E-state index in [0.29, 0.717) is 5.56 Å². The molecule has 2 rings (SSSR count). The van der Waals surface area contributed by atoms with Gasteiger partial charge in [-0.3, -0.25) is 0 Å². The number of hydrogen-bond donors (Lipinski definition) is 1. The largest absolute Gasteiger partial charge is 0.333 e. The minimum Gasteiger partial charge on any atom is -0.333 e. The van der Waals surface area contributed by atoms with E-state index in [1.807, 2.05) is 36.8 Å². The van der Waals surface area contributed by atoms with Crippen molar-refractivity contribution in [2.24, 2.45) is 0 Å². The molecule has 2 aromatic rings. The summed E-state index contributed by atoms with van der Waals surface area (Å²) in [6.07, 6.45) is 4.90. The summed E-state index contributed by atoms with van der Waals surface area (Å²) in [6.45, 7) is 6.09. The minimum atomic E-state index is 0.243. The van der Waals surface area contributed by atoms with Crippen molar-refractivity contribution in [2.75, 3.05) is 0 Å². The van der Waals surface area contributed by atoms with Crippen LogP contribution in [0.3, 0.4) is 0 Å². The quantitative estimate of drug-likeness (QED) is 0.876. The molecule has 0 amide bonds. The van der Waals surface area contributed by atoms with Gasteiger partial charge in [0.25, 0.3) is 0 Å². The molecule has 1 N–H and O–H groups in total. The molecular weight excluding hydrogens is 248 g/mol. The van der Waals surface area contributed by atoms with Crippen molar-refractivity contribution in [1.82, 2.24) is 14.9 Å². The number of hydrogen-bond acceptors (Lipinski definition) is 3. The van der Waals surface area contributed by atoms with Crippen LogP contribution in [0.5, 0.6) is 0 Å². The van der Waals surface area contributed by atoms with E-state index in [2.05, 4.69) is 34.8 Å². The fourth-order valence-electron chi connectivity index (χ4n) is 2.16. The minimum absolute atomic E-state index is 0.243. The van der Waals surface area contributed by atoms with Crippen LogP contribution in [0, 0.1) is 11.3 Å². The SMILES string of the molecule is CCCn1cncc1CNC(C)c1ccc(C#N)cc1. The normalized spacial score (nSPS) is 12.1. The van der Waals surface area contributed by atoms with Crippen LogP contribution in [0.1, 0.15) is 43.1 Å². The van der Waals surface area contributed by atoms with Gasteiger partial charge in [0, 0.05) is 25.3 Å². The molecule has 1 unspecified atom stereocenters. The lowest BCUT2D eigenvalue weighted by atomic mass is 10.1. The number of aromatic nitrogens is 2. The van der Waals surface area contributed by atoms with Gasteiger partial charge in [0.05, 0.1) is 23.7 Å². The first-order chi connectivity index (χ1) is 9.74. The van der Waals surface area contributed by atoms with Crippen molar-refractivity contribution in [2.45, 2.75) is 39.4 Å². The van der Waals surface area contributed by atoms with Crippen molar-refractivity contribution >= 4 is 0 Å². The third kappa shape index (κ3) is 3.46. The third-order valence-electron chi connectivity index (χ3n) is 3.39. The molecule has 20 heavy (non-hydrogen) atoms. The number of nitriles is 1. The first-order valence-corrected chi connectivity index (χ1v) is 6.97. The zero-order valence-corrected chi connectivity index (χ0v) is 12.0. The number of benzene rings is 1. The number of nitrogens with zero attached hydrogens (tertiary/aromatic N) is 3. The Labute approximate surface area is 120 Å². The van der Waals surface area contributed by atoms with Crippen LogP contribution in [0.4, 0.5) is 0 Å². The van der Waals surface area contributed by atoms with E-state index >= 15 is 0 Å². The van der Waals surface area contributed by atoms with Crippen LogP contribution >= 0.6 is 0 Å². The van der Waals surface area contributed by atoms with Crippen LogP contribution in [-0.4, -0.2) is 9.55 Å². The molecule has 104 valence electrons. The molecule has 1 aromatic carbocycles. The summed E-state index contributed by atoms with van der Waals surface area (Å²) in [5.41, 5.74) is 3.08. The molecule has 1 aromatic heterocycles. The topological polar surface area (TPSA) is 53.6 Å². The van der Waals surface area contributed by atoms with Crippen molar-refractivity contribution < 1.29 is 0 Å². The van der Waals surface area contributed by atoms with Gasteiger partial charge in [0.15, 0.2) is 0 Å². The molecule has 0 saturated heterocycles. The Morgan fingerprint density at radius 1 is 1.35 bits per heavy atom. The predicted octanol–water partition coefficient (Wildman–Crippen LogP) is 3.02. The zero-order valence-electron chi connectivity index (χ0n) is 12.0. The van der Waals surface area contributed by atoms with Gasteiger partial charge < -0.3 is 9.88 Å². The fraction of sp³-hybridized carbons (Fsp3) is 0.375. The second-order valence-corrected chi connectivity index (χ2v) is 4.91. The molecule has 1 heterocycles. The highest BCUT2D eigenvalue weighted by Gasteiger charge is 2.07. The van der Waals surface area contributed by atoms with Crippen molar-refractivity contribution in [3.8, 4) is 6.07 Å². The molecule has 0 bridgehead atoms. The highest BCUT2D eigenvalue weighted by atomic mass is 15.1. The summed E-state index contributed by atoms with van der Waals surface area (Å²) in [5.74, 6) is 0. The molecule has 0 aliphatic heterocycles. The van der Waals surface area contributed by atoms with Crippen LogP contribution in [-0.2, 0) is 13.1 Å². The number of imidazole rings is 1. The van der Waals surface area contributed by atoms with Crippen molar-refractivity contribution in [3.63, 3.8) is 0 Å². The van der Waals surface area contributed by atoms with Crippen molar-refractivity contribution in [1.29, 1.82) is 5.26 Å². The Balaban J connectivity index is 1.95. The van der Waals surface area contributed by atoms with Gasteiger partial charge in [0.2, 0.25) is 0 Å². The van der Waals surface area contributed by atoms with E-state index in [-0.39, 0.29) is 6.04 Å². The lowest BCUT2D eigenvalue weighted by molar-refractivity contribution is 0.541. The molecule has 4 heteroatoms. The van der Waals surface area contributed by atoms with E-state index in [4.69, 9.17) is 5.26 Å². The standard InChI is InChI=1S/C16H20N4/c1-3-8-20-12-18-10-16(20)11-19-13(2)15-6-4-14(9-17)5-7-15/h4-7,10,12-13,19H,3,8,11H2,1-2H3. The second-order valence-electron chi connectivity index (χ2n) is 4.91. The molecule has 0 aliphatic carbocycles. The summed E-state index contributed by atoms with van der Waals surface area (Å²) >= 11 is 0. The van der Waals surface area contributed by atoms with E-state index in [0.717, 1.165) is 19.5 Å². The average Bonchev–Trinajstić information content (AvgIpc) is 2.92. The maximum absolute atomic E-state index is 8.80. The summed E-state index contributed by atoms with van der Waals surface area (Å²) in [6, 6.07) is 10.1. The molecule has 0 radical (unpaired) electrons. The Morgan fingerprint density at radius 3 is 2.75 bits per heavy atom. The second kappa shape index (κ2) is 6.88. The van der Waals surface area contributed by atoms with Crippen LogP contribution in [0.25, 0.3) is 0 Å². The lowest BCUT2D eigenvalue weighted by Gasteiger charge is -2.15. The Morgan fingerprint density at radius 2 is 2.10 bits per heavy atom. The third-order valence-corrected chi connectivity index (χ3v) is 3.39. The molecule has 0 fully saturated rings.